The molecule has 7 nitrogen and oxygen atoms in total. The van der Waals surface area contributed by atoms with Gasteiger partial charge >= 0.3 is 0 Å². The van der Waals surface area contributed by atoms with Gasteiger partial charge in [-0.3, -0.25) is 13.9 Å². The number of sulfonamides is 1. The normalized spacial score (nSPS) is 12.7. The van der Waals surface area contributed by atoms with Gasteiger partial charge in [0.2, 0.25) is 21.8 Å². The van der Waals surface area contributed by atoms with E-state index >= 15 is 0 Å². The van der Waals surface area contributed by atoms with Gasteiger partial charge in [-0.1, -0.05) is 44.0 Å². The Balaban J connectivity index is 2.38. The van der Waals surface area contributed by atoms with Crippen molar-refractivity contribution in [2.75, 3.05) is 17.1 Å². The number of benzene rings is 2. The van der Waals surface area contributed by atoms with Crippen LogP contribution in [0, 0.1) is 0 Å². The van der Waals surface area contributed by atoms with Crippen molar-refractivity contribution in [2.24, 2.45) is 0 Å². The molecule has 0 heterocycles. The van der Waals surface area contributed by atoms with Crippen LogP contribution in [0.5, 0.6) is 0 Å². The van der Waals surface area contributed by atoms with Crippen LogP contribution in [0.25, 0.3) is 0 Å². The van der Waals surface area contributed by atoms with Crippen molar-refractivity contribution in [3.63, 3.8) is 0 Å². The second-order valence-electron chi connectivity index (χ2n) is 8.81. The molecule has 33 heavy (non-hydrogen) atoms. The Bertz CT molecular complexity index is 1080. The van der Waals surface area contributed by atoms with E-state index < -0.39 is 34.1 Å². The van der Waals surface area contributed by atoms with Crippen molar-refractivity contribution in [2.45, 2.75) is 45.8 Å². The van der Waals surface area contributed by atoms with E-state index in [-0.39, 0.29) is 12.5 Å². The first-order chi connectivity index (χ1) is 15.2. The zero-order valence-corrected chi connectivity index (χ0v) is 23.3. The summed E-state index contributed by atoms with van der Waals surface area (Å²) in [6.07, 6.45) is 1.05. The predicted molar refractivity (Wildman–Crippen MR) is 138 cm³/mol. The van der Waals surface area contributed by atoms with Crippen LogP contribution >= 0.6 is 31.9 Å². The number of amides is 2. The average Bonchev–Trinajstić information content (AvgIpc) is 2.69. The molecule has 0 saturated heterocycles. The lowest BCUT2D eigenvalue weighted by Crippen LogP contribution is -2.54. The Kier molecular flexibility index (Phi) is 9.12. The van der Waals surface area contributed by atoms with Gasteiger partial charge in [0.25, 0.3) is 0 Å². The van der Waals surface area contributed by atoms with Gasteiger partial charge in [0, 0.05) is 21.0 Å². The van der Waals surface area contributed by atoms with Gasteiger partial charge in [-0.25, -0.2) is 8.42 Å². The van der Waals surface area contributed by atoms with Crippen molar-refractivity contribution < 1.29 is 18.0 Å². The number of rotatable bonds is 8. The van der Waals surface area contributed by atoms with Crippen LogP contribution in [0.2, 0.25) is 0 Å². The summed E-state index contributed by atoms with van der Waals surface area (Å²) < 4.78 is 27.8. The molecule has 2 aromatic rings. The first-order valence-corrected chi connectivity index (χ1v) is 13.7. The standard InChI is InChI=1S/C23H29Br2N3O4S/c1-16(22(30)26-23(2,3)4)27(14-17-6-8-18(24)9-7-17)21(29)15-28(33(5,31)32)20-12-10-19(25)11-13-20/h6-13,16H,14-15H2,1-5H3,(H,26,30)/t16-/m1/s1. The van der Waals surface area contributed by atoms with Crippen molar-refractivity contribution in [1.82, 2.24) is 10.2 Å². The fraction of sp³-hybridized carbons (Fsp3) is 0.391. The lowest BCUT2D eigenvalue weighted by atomic mass is 10.1. The summed E-state index contributed by atoms with van der Waals surface area (Å²) in [6.45, 7) is 6.95. The second-order valence-corrected chi connectivity index (χ2v) is 12.5. The fourth-order valence-corrected chi connectivity index (χ4v) is 4.44. The molecule has 0 aliphatic rings. The summed E-state index contributed by atoms with van der Waals surface area (Å²) >= 11 is 6.72. The van der Waals surface area contributed by atoms with Gasteiger partial charge in [-0.05, 0) is 69.7 Å². The van der Waals surface area contributed by atoms with E-state index in [1.165, 1.54) is 4.90 Å². The molecule has 2 aromatic carbocycles. The molecule has 180 valence electrons. The van der Waals surface area contributed by atoms with Gasteiger partial charge in [0.15, 0.2) is 0 Å². The maximum atomic E-state index is 13.4. The van der Waals surface area contributed by atoms with Gasteiger partial charge in [0.1, 0.15) is 12.6 Å². The van der Waals surface area contributed by atoms with E-state index in [0.29, 0.717) is 5.69 Å². The summed E-state index contributed by atoms with van der Waals surface area (Å²) in [4.78, 5) is 27.7. The molecule has 1 atom stereocenters. The molecule has 10 heteroatoms. The molecule has 2 amide bonds. The number of carbonyl (C=O) groups is 2. The summed E-state index contributed by atoms with van der Waals surface area (Å²) in [7, 11) is -3.75. The minimum Gasteiger partial charge on any atom is -0.350 e. The summed E-state index contributed by atoms with van der Waals surface area (Å²) in [5.41, 5.74) is 0.703. The summed E-state index contributed by atoms with van der Waals surface area (Å²) in [5.74, 6) is -0.801. The van der Waals surface area contributed by atoms with Crippen LogP contribution < -0.4 is 9.62 Å². The zero-order chi connectivity index (χ0) is 25.0. The molecule has 0 fully saturated rings. The molecule has 1 N–H and O–H groups in total. The molecular formula is C23H29Br2N3O4S. The van der Waals surface area contributed by atoms with Crippen LogP contribution in [0.4, 0.5) is 5.69 Å². The third-order valence-electron chi connectivity index (χ3n) is 4.73. The minimum atomic E-state index is -3.75. The van der Waals surface area contributed by atoms with Gasteiger partial charge in [-0.2, -0.15) is 0 Å². The van der Waals surface area contributed by atoms with Crippen molar-refractivity contribution in [3.05, 3.63) is 63.0 Å². The Labute approximate surface area is 212 Å². The van der Waals surface area contributed by atoms with E-state index in [4.69, 9.17) is 0 Å². The maximum Gasteiger partial charge on any atom is 0.244 e. The fourth-order valence-electron chi connectivity index (χ4n) is 3.06. The van der Waals surface area contributed by atoms with E-state index in [9.17, 15) is 18.0 Å². The number of hydrogen-bond acceptors (Lipinski definition) is 4. The highest BCUT2D eigenvalue weighted by Gasteiger charge is 2.31. The molecule has 0 aliphatic heterocycles. The molecule has 0 aromatic heterocycles. The number of nitrogens with zero attached hydrogens (tertiary/aromatic N) is 2. The van der Waals surface area contributed by atoms with Gasteiger partial charge in [-0.15, -0.1) is 0 Å². The first-order valence-electron chi connectivity index (χ1n) is 10.3. The Morgan fingerprint density at radius 3 is 1.91 bits per heavy atom. The van der Waals surface area contributed by atoms with Crippen LogP contribution in [-0.2, 0) is 26.2 Å². The highest BCUT2D eigenvalue weighted by atomic mass is 79.9. The highest BCUT2D eigenvalue weighted by molar-refractivity contribution is 9.10. The summed E-state index contributed by atoms with van der Waals surface area (Å²) in [6, 6.07) is 13.2. The molecule has 0 spiro atoms. The lowest BCUT2D eigenvalue weighted by molar-refractivity contribution is -0.140. The van der Waals surface area contributed by atoms with E-state index in [2.05, 4.69) is 37.2 Å². The van der Waals surface area contributed by atoms with Crippen LogP contribution in [-0.4, -0.2) is 49.5 Å². The van der Waals surface area contributed by atoms with Crippen LogP contribution in [0.15, 0.2) is 57.5 Å². The van der Waals surface area contributed by atoms with E-state index in [1.807, 2.05) is 45.0 Å². The number of halogens is 2. The van der Waals surface area contributed by atoms with E-state index in [1.54, 1.807) is 31.2 Å². The Morgan fingerprint density at radius 2 is 1.45 bits per heavy atom. The maximum absolute atomic E-state index is 13.4. The number of anilines is 1. The zero-order valence-electron chi connectivity index (χ0n) is 19.3. The van der Waals surface area contributed by atoms with Crippen molar-refractivity contribution in [3.8, 4) is 0 Å². The third kappa shape index (κ3) is 8.42. The molecule has 0 radical (unpaired) electrons. The Morgan fingerprint density at radius 1 is 0.970 bits per heavy atom. The van der Waals surface area contributed by atoms with E-state index in [0.717, 1.165) is 25.1 Å². The average molecular weight is 603 g/mol. The number of hydrogen-bond donors (Lipinski definition) is 1. The monoisotopic (exact) mass is 601 g/mol. The molecule has 0 saturated carbocycles. The van der Waals surface area contributed by atoms with Gasteiger partial charge < -0.3 is 10.2 Å². The lowest BCUT2D eigenvalue weighted by Gasteiger charge is -2.33. The Hall–Kier alpha value is -1.91. The van der Waals surface area contributed by atoms with Crippen LogP contribution in [0.3, 0.4) is 0 Å². The third-order valence-corrected chi connectivity index (χ3v) is 6.92. The molecule has 0 bridgehead atoms. The van der Waals surface area contributed by atoms with Crippen molar-refractivity contribution >= 4 is 59.4 Å². The number of carbonyl (C=O) groups excluding carboxylic acids is 2. The largest absolute Gasteiger partial charge is 0.350 e. The SMILES string of the molecule is C[C@H](C(=O)NC(C)(C)C)N(Cc1ccc(Br)cc1)C(=O)CN(c1ccc(Br)cc1)S(C)(=O)=O. The molecule has 2 rings (SSSR count). The summed E-state index contributed by atoms with van der Waals surface area (Å²) in [5, 5.41) is 2.89. The van der Waals surface area contributed by atoms with Crippen molar-refractivity contribution in [1.29, 1.82) is 0 Å². The second kappa shape index (κ2) is 11.0. The highest BCUT2D eigenvalue weighted by Crippen LogP contribution is 2.22. The van der Waals surface area contributed by atoms with Gasteiger partial charge in [0.05, 0.1) is 11.9 Å². The molecule has 0 aliphatic carbocycles. The van der Waals surface area contributed by atoms with Crippen LogP contribution in [0.1, 0.15) is 33.3 Å². The molecule has 0 unspecified atom stereocenters. The minimum absolute atomic E-state index is 0.156. The molecular weight excluding hydrogens is 574 g/mol. The smallest absolute Gasteiger partial charge is 0.244 e. The number of nitrogens with one attached hydrogen (secondary N) is 1. The quantitative estimate of drug-likeness (QED) is 0.488. The first kappa shape index (κ1) is 27.3. The predicted octanol–water partition coefficient (Wildman–Crippen LogP) is 4.31. The topological polar surface area (TPSA) is 86.8 Å².